The predicted octanol–water partition coefficient (Wildman–Crippen LogP) is 5.68. The number of aromatic nitrogens is 1. The molecule has 1 atom stereocenters. The average Bonchev–Trinajstić information content (AvgIpc) is 2.93. The van der Waals surface area contributed by atoms with Crippen LogP contribution in [-0.4, -0.2) is 41.4 Å². The van der Waals surface area contributed by atoms with E-state index in [0.717, 1.165) is 5.56 Å². The lowest BCUT2D eigenvalue weighted by molar-refractivity contribution is -0.138. The molecule has 4 rings (SSSR count). The van der Waals surface area contributed by atoms with Gasteiger partial charge in [0.25, 0.3) is 5.91 Å². The van der Waals surface area contributed by atoms with Crippen molar-refractivity contribution in [3.05, 3.63) is 106 Å². The highest BCUT2D eigenvalue weighted by atomic mass is 35.5. The van der Waals surface area contributed by atoms with Crippen molar-refractivity contribution in [2.45, 2.75) is 25.7 Å². The van der Waals surface area contributed by atoms with E-state index in [4.69, 9.17) is 16.3 Å². The van der Waals surface area contributed by atoms with Crippen molar-refractivity contribution in [1.82, 2.24) is 10.3 Å². The molecule has 3 aromatic carbocycles. The number of nitrogens with zero attached hydrogens (tertiary/aromatic N) is 1. The summed E-state index contributed by atoms with van der Waals surface area (Å²) in [5.41, 5.74) is 2.59. The minimum atomic E-state index is -0.959. The van der Waals surface area contributed by atoms with Crippen LogP contribution in [0.4, 0.5) is 0 Å². The van der Waals surface area contributed by atoms with Crippen LogP contribution in [0.1, 0.15) is 56.8 Å². The number of pyridine rings is 1. The summed E-state index contributed by atoms with van der Waals surface area (Å²) in [5, 5.41) is 14.4. The summed E-state index contributed by atoms with van der Waals surface area (Å²) in [4.78, 5) is 42.2. The van der Waals surface area contributed by atoms with Crippen LogP contribution in [0, 0.1) is 0 Å². The van der Waals surface area contributed by atoms with E-state index in [-0.39, 0.29) is 17.4 Å². The van der Waals surface area contributed by atoms with Gasteiger partial charge >= 0.3 is 5.97 Å². The maximum atomic E-state index is 13.4. The van der Waals surface area contributed by atoms with Gasteiger partial charge in [0.2, 0.25) is 5.78 Å². The van der Waals surface area contributed by atoms with E-state index in [2.05, 4.69) is 10.3 Å². The Morgan fingerprint density at radius 2 is 1.66 bits per heavy atom. The second-order valence-electron chi connectivity index (χ2n) is 8.81. The molecule has 0 bridgehead atoms. The van der Waals surface area contributed by atoms with Crippen LogP contribution >= 0.6 is 11.6 Å². The fourth-order valence-corrected chi connectivity index (χ4v) is 4.46. The number of ether oxygens (including phenoxy) is 1. The number of fused-ring (bicyclic) bond motifs is 1. The van der Waals surface area contributed by atoms with Gasteiger partial charge in [0, 0.05) is 34.3 Å². The molecule has 0 fully saturated rings. The lowest BCUT2D eigenvalue weighted by Gasteiger charge is -2.16. The fourth-order valence-electron chi connectivity index (χ4n) is 4.34. The fraction of sp³-hybridized carbons (Fsp3) is 0.200. The summed E-state index contributed by atoms with van der Waals surface area (Å²) in [6, 6.07) is 19.0. The molecule has 1 amide bonds. The molecule has 4 aromatic rings. The second-order valence-corrected chi connectivity index (χ2v) is 9.25. The lowest BCUT2D eigenvalue weighted by Crippen LogP contribution is -2.25. The Morgan fingerprint density at radius 1 is 0.974 bits per heavy atom. The first-order valence-electron chi connectivity index (χ1n) is 12.2. The normalized spacial score (nSPS) is 11.7. The number of carbonyl (C=O) groups excluding carboxylic acids is 2. The Kier molecular flexibility index (Phi) is 8.38. The van der Waals surface area contributed by atoms with Crippen molar-refractivity contribution >= 4 is 40.0 Å². The van der Waals surface area contributed by atoms with Crippen molar-refractivity contribution in [3.63, 3.8) is 0 Å². The number of carbonyl (C=O) groups is 3. The maximum absolute atomic E-state index is 13.4. The number of amides is 1. The van der Waals surface area contributed by atoms with E-state index in [1.165, 1.54) is 13.3 Å². The number of aliphatic carboxylic acids is 1. The third-order valence-electron chi connectivity index (χ3n) is 6.44. The summed E-state index contributed by atoms with van der Waals surface area (Å²) in [6.07, 6.45) is 2.50. The van der Waals surface area contributed by atoms with Crippen LogP contribution in [-0.2, 0) is 11.2 Å². The van der Waals surface area contributed by atoms with E-state index < -0.39 is 11.9 Å². The first-order chi connectivity index (χ1) is 18.3. The zero-order valence-corrected chi connectivity index (χ0v) is 21.8. The van der Waals surface area contributed by atoms with E-state index >= 15 is 0 Å². The van der Waals surface area contributed by atoms with Crippen LogP contribution in [0.5, 0.6) is 5.75 Å². The molecule has 1 aromatic heterocycles. The SMILES string of the molecule is CCC(C(=O)O)c1cnc(C(=O)c2ccc(C(=O)NCCc3ccc(Cl)cc3)cc2)c2ccc(OC)cc12. The Bertz CT molecular complexity index is 1480. The average molecular weight is 531 g/mol. The topological polar surface area (TPSA) is 106 Å². The molecule has 0 saturated heterocycles. The number of halogens is 1. The molecular weight excluding hydrogens is 504 g/mol. The van der Waals surface area contributed by atoms with Crippen molar-refractivity contribution in [2.75, 3.05) is 13.7 Å². The molecule has 0 spiro atoms. The molecule has 0 saturated carbocycles. The number of methoxy groups -OCH3 is 1. The van der Waals surface area contributed by atoms with Gasteiger partial charge in [-0.05, 0) is 71.8 Å². The number of hydrogen-bond donors (Lipinski definition) is 2. The summed E-state index contributed by atoms with van der Waals surface area (Å²) in [5.74, 6) is -1.74. The monoisotopic (exact) mass is 530 g/mol. The highest BCUT2D eigenvalue weighted by molar-refractivity contribution is 6.30. The van der Waals surface area contributed by atoms with Gasteiger partial charge in [-0.2, -0.15) is 0 Å². The molecule has 38 heavy (non-hydrogen) atoms. The Morgan fingerprint density at radius 3 is 2.29 bits per heavy atom. The molecule has 0 aliphatic rings. The second kappa shape index (κ2) is 11.9. The van der Waals surface area contributed by atoms with Crippen LogP contribution < -0.4 is 10.1 Å². The minimum Gasteiger partial charge on any atom is -0.497 e. The zero-order valence-electron chi connectivity index (χ0n) is 21.0. The van der Waals surface area contributed by atoms with Gasteiger partial charge in [0.15, 0.2) is 0 Å². The van der Waals surface area contributed by atoms with Crippen molar-refractivity contribution in [1.29, 1.82) is 0 Å². The number of ketones is 1. The molecule has 8 heteroatoms. The number of carboxylic acid groups (broad SMARTS) is 1. The van der Waals surface area contributed by atoms with Crippen molar-refractivity contribution in [2.24, 2.45) is 0 Å². The molecule has 0 aliphatic heterocycles. The molecule has 194 valence electrons. The first kappa shape index (κ1) is 26.8. The molecular formula is C30H27ClN2O5. The predicted molar refractivity (Wildman–Crippen MR) is 146 cm³/mol. The molecule has 7 nitrogen and oxygen atoms in total. The largest absolute Gasteiger partial charge is 0.497 e. The van der Waals surface area contributed by atoms with E-state index in [1.807, 2.05) is 24.3 Å². The molecule has 0 radical (unpaired) electrons. The Balaban J connectivity index is 1.54. The van der Waals surface area contributed by atoms with Gasteiger partial charge in [-0.3, -0.25) is 19.4 Å². The van der Waals surface area contributed by atoms with Crippen LogP contribution in [0.3, 0.4) is 0 Å². The van der Waals surface area contributed by atoms with Gasteiger partial charge in [-0.1, -0.05) is 42.8 Å². The smallest absolute Gasteiger partial charge is 0.311 e. The number of hydrogen-bond acceptors (Lipinski definition) is 5. The molecule has 1 heterocycles. The number of rotatable bonds is 10. The van der Waals surface area contributed by atoms with Gasteiger partial charge in [-0.25, -0.2) is 0 Å². The van der Waals surface area contributed by atoms with E-state index in [9.17, 15) is 19.5 Å². The Labute approximate surface area is 225 Å². The van der Waals surface area contributed by atoms with Crippen molar-refractivity contribution in [3.8, 4) is 5.75 Å². The van der Waals surface area contributed by atoms with Gasteiger partial charge in [0.1, 0.15) is 11.4 Å². The standard InChI is InChI=1S/C30H27ClN2O5/c1-3-23(30(36)37)26-17-33-27(24-13-12-22(38-2)16-25(24)26)28(34)19-6-8-20(9-7-19)29(35)32-15-14-18-4-10-21(31)11-5-18/h4-13,16-17,23H,3,14-15H2,1-2H3,(H,32,35)(H,36,37). The quantitative estimate of drug-likeness (QED) is 0.256. The molecule has 1 unspecified atom stereocenters. The van der Waals surface area contributed by atoms with Crippen molar-refractivity contribution < 1.29 is 24.2 Å². The zero-order chi connectivity index (χ0) is 27.2. The third kappa shape index (κ3) is 5.84. The van der Waals surface area contributed by atoms with Gasteiger partial charge < -0.3 is 15.2 Å². The van der Waals surface area contributed by atoms with Gasteiger partial charge in [-0.15, -0.1) is 0 Å². The van der Waals surface area contributed by atoms with Crippen LogP contribution in [0.25, 0.3) is 10.8 Å². The molecule has 0 aliphatic carbocycles. The Hall–Kier alpha value is -4.23. The third-order valence-corrected chi connectivity index (χ3v) is 6.70. The van der Waals surface area contributed by atoms with E-state index in [1.54, 1.807) is 49.4 Å². The highest BCUT2D eigenvalue weighted by Crippen LogP contribution is 2.32. The summed E-state index contributed by atoms with van der Waals surface area (Å²) in [6.45, 7) is 2.25. The maximum Gasteiger partial charge on any atom is 0.311 e. The van der Waals surface area contributed by atoms with E-state index in [0.29, 0.717) is 57.6 Å². The lowest BCUT2D eigenvalue weighted by atomic mass is 9.91. The number of benzene rings is 3. The number of carboxylic acids is 1. The summed E-state index contributed by atoms with van der Waals surface area (Å²) < 4.78 is 5.33. The molecule has 2 N–H and O–H groups in total. The van der Waals surface area contributed by atoms with Crippen LogP contribution in [0.2, 0.25) is 5.02 Å². The summed E-state index contributed by atoms with van der Waals surface area (Å²) in [7, 11) is 1.53. The minimum absolute atomic E-state index is 0.201. The highest BCUT2D eigenvalue weighted by Gasteiger charge is 2.24. The summed E-state index contributed by atoms with van der Waals surface area (Å²) >= 11 is 5.90. The van der Waals surface area contributed by atoms with Gasteiger partial charge in [0.05, 0.1) is 13.0 Å². The van der Waals surface area contributed by atoms with Crippen LogP contribution in [0.15, 0.2) is 72.9 Å². The number of nitrogens with one attached hydrogen (secondary N) is 1. The first-order valence-corrected chi connectivity index (χ1v) is 12.6.